The lowest BCUT2D eigenvalue weighted by atomic mass is 9.66. The molecule has 0 aromatic heterocycles. The van der Waals surface area contributed by atoms with Crippen LogP contribution >= 0.6 is 0 Å². The van der Waals surface area contributed by atoms with Crippen molar-refractivity contribution in [2.24, 2.45) is 0 Å². The van der Waals surface area contributed by atoms with Crippen LogP contribution in [0.2, 0.25) is 0 Å². The first-order chi connectivity index (χ1) is 15.8. The second kappa shape index (κ2) is 6.31. The molecule has 0 bridgehead atoms. The highest BCUT2D eigenvalue weighted by Gasteiger charge is 2.48. The molecule has 0 aliphatic heterocycles. The summed E-state index contributed by atoms with van der Waals surface area (Å²) in [5, 5.41) is 2.62. The Morgan fingerprint density at radius 2 is 1.22 bits per heavy atom. The molecule has 32 heavy (non-hydrogen) atoms. The maximum absolute atomic E-state index is 2.38. The van der Waals surface area contributed by atoms with E-state index in [1.54, 1.807) is 0 Å². The molecule has 1 atom stereocenters. The van der Waals surface area contributed by atoms with Crippen LogP contribution in [-0.2, 0) is 5.41 Å². The Labute approximate surface area is 188 Å². The van der Waals surface area contributed by atoms with E-state index in [-0.39, 0.29) is 5.41 Å². The maximum atomic E-state index is 2.38. The first-order valence-electron chi connectivity index (χ1n) is 11.3. The van der Waals surface area contributed by atoms with Crippen LogP contribution in [0.4, 0.5) is 0 Å². The predicted molar refractivity (Wildman–Crippen MR) is 135 cm³/mol. The molecule has 0 heteroatoms. The molecular weight excluding hydrogens is 384 g/mol. The molecule has 0 N–H and O–H groups in total. The molecule has 2 aliphatic carbocycles. The second-order valence-corrected chi connectivity index (χ2v) is 9.02. The smallest absolute Gasteiger partial charge is 0.0619 e. The average Bonchev–Trinajstić information content (AvgIpc) is 3.06. The van der Waals surface area contributed by atoms with Gasteiger partial charge in [0.2, 0.25) is 0 Å². The van der Waals surface area contributed by atoms with Crippen molar-refractivity contribution in [2.45, 2.75) is 12.3 Å². The monoisotopic (exact) mass is 406 g/mol. The minimum atomic E-state index is -0.334. The molecule has 150 valence electrons. The lowest BCUT2D eigenvalue weighted by molar-refractivity contribution is 0.766. The van der Waals surface area contributed by atoms with E-state index in [9.17, 15) is 0 Å². The summed E-state index contributed by atoms with van der Waals surface area (Å²) in [6, 6.07) is 38.4. The highest BCUT2D eigenvalue weighted by Crippen LogP contribution is 2.59. The minimum Gasteiger partial charge on any atom is -0.0619 e. The average molecular weight is 407 g/mol. The van der Waals surface area contributed by atoms with Gasteiger partial charge < -0.3 is 0 Å². The van der Waals surface area contributed by atoms with E-state index in [1.807, 2.05) is 0 Å². The molecule has 1 unspecified atom stereocenters. The molecule has 0 nitrogen and oxygen atoms in total. The molecule has 2 aliphatic rings. The van der Waals surface area contributed by atoms with Gasteiger partial charge in [0.25, 0.3) is 0 Å². The van der Waals surface area contributed by atoms with E-state index in [2.05, 4.69) is 122 Å². The zero-order chi connectivity index (χ0) is 21.3. The van der Waals surface area contributed by atoms with E-state index in [1.165, 1.54) is 60.8 Å². The summed E-state index contributed by atoms with van der Waals surface area (Å²) in [5.74, 6) is 0. The standard InChI is InChI=1S/C32H22/c1-21-14-18-28-24(20-21)16-15-23-9-3-6-12-27(23)32(28)29-13-7-5-11-26(29)31-25-10-4-2-8-22(25)17-19-30(31)32/h2-20H,1H3. The Balaban J connectivity index is 1.75. The molecule has 1 spiro atoms. The van der Waals surface area contributed by atoms with Crippen LogP contribution in [0.5, 0.6) is 0 Å². The number of hydrogen-bond donors (Lipinski definition) is 0. The van der Waals surface area contributed by atoms with Gasteiger partial charge in [0.05, 0.1) is 5.41 Å². The third-order valence-corrected chi connectivity index (χ3v) is 7.35. The van der Waals surface area contributed by atoms with E-state index in [0.29, 0.717) is 0 Å². The first kappa shape index (κ1) is 17.7. The largest absolute Gasteiger partial charge is 0.0725 e. The fourth-order valence-electron chi connectivity index (χ4n) is 6.10. The van der Waals surface area contributed by atoms with Crippen LogP contribution in [0, 0.1) is 6.92 Å². The topological polar surface area (TPSA) is 0 Å². The zero-order valence-corrected chi connectivity index (χ0v) is 18.0. The summed E-state index contributed by atoms with van der Waals surface area (Å²) in [7, 11) is 0. The summed E-state index contributed by atoms with van der Waals surface area (Å²) in [5.41, 5.74) is 11.8. The highest BCUT2D eigenvalue weighted by molar-refractivity contribution is 6.04. The van der Waals surface area contributed by atoms with Gasteiger partial charge in [0, 0.05) is 0 Å². The molecular formula is C32H22. The molecule has 5 aromatic carbocycles. The highest BCUT2D eigenvalue weighted by atomic mass is 14.5. The Morgan fingerprint density at radius 1 is 0.531 bits per heavy atom. The van der Waals surface area contributed by atoms with Gasteiger partial charge in [-0.15, -0.1) is 0 Å². The van der Waals surface area contributed by atoms with Gasteiger partial charge in [0.1, 0.15) is 0 Å². The van der Waals surface area contributed by atoms with Gasteiger partial charge in [-0.1, -0.05) is 121 Å². The van der Waals surface area contributed by atoms with Gasteiger partial charge in [-0.05, 0) is 62.2 Å². The minimum absolute atomic E-state index is 0.334. The van der Waals surface area contributed by atoms with Crippen molar-refractivity contribution in [1.82, 2.24) is 0 Å². The van der Waals surface area contributed by atoms with E-state index >= 15 is 0 Å². The fraction of sp³-hybridized carbons (Fsp3) is 0.0625. The summed E-state index contributed by atoms with van der Waals surface area (Å²) >= 11 is 0. The lowest BCUT2D eigenvalue weighted by Gasteiger charge is -2.35. The Kier molecular flexibility index (Phi) is 3.50. The number of benzene rings is 5. The molecule has 0 fully saturated rings. The normalized spacial score (nSPS) is 17.5. The molecule has 0 saturated heterocycles. The Bertz CT molecular complexity index is 1580. The maximum Gasteiger partial charge on any atom is 0.0725 e. The molecule has 0 amide bonds. The van der Waals surface area contributed by atoms with Crippen molar-refractivity contribution in [2.75, 3.05) is 0 Å². The molecule has 5 aromatic rings. The van der Waals surface area contributed by atoms with Crippen molar-refractivity contribution < 1.29 is 0 Å². The Morgan fingerprint density at radius 3 is 2.16 bits per heavy atom. The summed E-state index contributed by atoms with van der Waals surface area (Å²) in [4.78, 5) is 0. The van der Waals surface area contributed by atoms with Crippen LogP contribution in [0.3, 0.4) is 0 Å². The lowest BCUT2D eigenvalue weighted by Crippen LogP contribution is -2.30. The number of fused-ring (bicyclic) bond motifs is 11. The van der Waals surface area contributed by atoms with Gasteiger partial charge in [-0.25, -0.2) is 0 Å². The van der Waals surface area contributed by atoms with Crippen molar-refractivity contribution in [3.05, 3.63) is 142 Å². The van der Waals surface area contributed by atoms with Crippen molar-refractivity contribution in [3.63, 3.8) is 0 Å². The predicted octanol–water partition coefficient (Wildman–Crippen LogP) is 8.00. The van der Waals surface area contributed by atoms with Crippen molar-refractivity contribution >= 4 is 22.9 Å². The number of hydrogen-bond acceptors (Lipinski definition) is 0. The summed E-state index contributed by atoms with van der Waals surface area (Å²) < 4.78 is 0. The Hall–Kier alpha value is -3.90. The quantitative estimate of drug-likeness (QED) is 0.239. The summed E-state index contributed by atoms with van der Waals surface area (Å²) in [6.45, 7) is 2.18. The molecule has 0 heterocycles. The SMILES string of the molecule is Cc1ccc2c(c1)C=Cc1ccccc1C21c2ccccc2-c2c1ccc1ccccc21. The van der Waals surface area contributed by atoms with Crippen LogP contribution in [0.15, 0.2) is 103 Å². The van der Waals surface area contributed by atoms with Crippen molar-refractivity contribution in [3.8, 4) is 11.1 Å². The van der Waals surface area contributed by atoms with Gasteiger partial charge in [0.15, 0.2) is 0 Å². The second-order valence-electron chi connectivity index (χ2n) is 9.02. The van der Waals surface area contributed by atoms with Crippen LogP contribution in [0.1, 0.15) is 38.9 Å². The van der Waals surface area contributed by atoms with Crippen LogP contribution in [-0.4, -0.2) is 0 Å². The molecule has 0 saturated carbocycles. The van der Waals surface area contributed by atoms with E-state index < -0.39 is 0 Å². The first-order valence-corrected chi connectivity index (χ1v) is 11.3. The van der Waals surface area contributed by atoms with E-state index in [4.69, 9.17) is 0 Å². The number of aryl methyl sites for hydroxylation is 1. The van der Waals surface area contributed by atoms with Gasteiger partial charge >= 0.3 is 0 Å². The van der Waals surface area contributed by atoms with Gasteiger partial charge in [-0.3, -0.25) is 0 Å². The van der Waals surface area contributed by atoms with E-state index in [0.717, 1.165) is 0 Å². The third kappa shape index (κ3) is 2.12. The zero-order valence-electron chi connectivity index (χ0n) is 18.0. The van der Waals surface area contributed by atoms with Crippen LogP contribution < -0.4 is 0 Å². The van der Waals surface area contributed by atoms with Crippen molar-refractivity contribution in [1.29, 1.82) is 0 Å². The fourth-order valence-corrected chi connectivity index (χ4v) is 6.10. The molecule has 7 rings (SSSR count). The van der Waals surface area contributed by atoms with Gasteiger partial charge in [-0.2, -0.15) is 0 Å². The number of rotatable bonds is 0. The van der Waals surface area contributed by atoms with Crippen LogP contribution in [0.25, 0.3) is 34.1 Å². The third-order valence-electron chi connectivity index (χ3n) is 7.35. The summed E-state index contributed by atoms with van der Waals surface area (Å²) in [6.07, 6.45) is 4.60. The molecule has 0 radical (unpaired) electrons.